The van der Waals surface area contributed by atoms with Crippen LogP contribution in [-0.4, -0.2) is 17.4 Å². The molecule has 104 valence electrons. The second-order valence-electron chi connectivity index (χ2n) is 5.73. The third-order valence-corrected chi connectivity index (χ3v) is 4.51. The molecule has 3 heteroatoms. The van der Waals surface area contributed by atoms with E-state index >= 15 is 0 Å². The molecule has 3 unspecified atom stereocenters. The van der Waals surface area contributed by atoms with Gasteiger partial charge < -0.3 is 4.74 Å². The standard InChI is InChI=1S/C17H18O3/c1-12(18)17(11-13-7-9-15(17)10-8-13)20-16(19)14-5-3-2-4-6-14/h2-7,9,13,15H,8,10-11H2,1H3. The average Bonchev–Trinajstić information content (AvgIpc) is 2.49. The van der Waals surface area contributed by atoms with E-state index in [1.165, 1.54) is 6.92 Å². The van der Waals surface area contributed by atoms with Gasteiger partial charge in [-0.05, 0) is 37.8 Å². The van der Waals surface area contributed by atoms with E-state index in [0.29, 0.717) is 17.9 Å². The van der Waals surface area contributed by atoms with Gasteiger partial charge in [-0.1, -0.05) is 30.4 Å². The number of allylic oxidation sites excluding steroid dienone is 1. The second-order valence-corrected chi connectivity index (χ2v) is 5.73. The van der Waals surface area contributed by atoms with E-state index in [0.717, 1.165) is 12.8 Å². The Hall–Kier alpha value is -1.90. The lowest BCUT2D eigenvalue weighted by atomic mass is 9.64. The van der Waals surface area contributed by atoms with Crippen molar-refractivity contribution in [1.29, 1.82) is 0 Å². The highest BCUT2D eigenvalue weighted by Gasteiger charge is 2.51. The number of benzene rings is 1. The van der Waals surface area contributed by atoms with E-state index in [1.54, 1.807) is 24.3 Å². The number of carbonyl (C=O) groups excluding carboxylic acids is 2. The summed E-state index contributed by atoms with van der Waals surface area (Å²) in [6.45, 7) is 1.53. The summed E-state index contributed by atoms with van der Waals surface area (Å²) in [7, 11) is 0. The van der Waals surface area contributed by atoms with Crippen LogP contribution in [0, 0.1) is 11.8 Å². The van der Waals surface area contributed by atoms with Crippen LogP contribution in [0.25, 0.3) is 0 Å². The molecular weight excluding hydrogens is 252 g/mol. The number of hydrogen-bond acceptors (Lipinski definition) is 3. The van der Waals surface area contributed by atoms with Gasteiger partial charge in [0.2, 0.25) is 0 Å². The van der Waals surface area contributed by atoms with Crippen molar-refractivity contribution >= 4 is 11.8 Å². The molecule has 0 heterocycles. The van der Waals surface area contributed by atoms with Gasteiger partial charge in [0, 0.05) is 12.3 Å². The molecule has 20 heavy (non-hydrogen) atoms. The SMILES string of the molecule is CC(=O)C1(OC(=O)c2ccccc2)CC2C=CC1CC2. The van der Waals surface area contributed by atoms with Crippen molar-refractivity contribution in [2.75, 3.05) is 0 Å². The molecule has 0 aromatic heterocycles. The molecule has 0 amide bonds. The Morgan fingerprint density at radius 3 is 2.40 bits per heavy atom. The molecule has 4 rings (SSSR count). The van der Waals surface area contributed by atoms with Crippen molar-refractivity contribution in [3.05, 3.63) is 48.0 Å². The molecule has 1 aromatic carbocycles. The lowest BCUT2D eigenvalue weighted by molar-refractivity contribution is -0.146. The van der Waals surface area contributed by atoms with Gasteiger partial charge in [-0.3, -0.25) is 4.79 Å². The molecular formula is C17H18O3. The molecule has 0 saturated heterocycles. The van der Waals surface area contributed by atoms with E-state index in [9.17, 15) is 9.59 Å². The predicted octanol–water partition coefficient (Wildman–Crippen LogP) is 3.16. The number of rotatable bonds is 3. The fraction of sp³-hybridized carbons (Fsp3) is 0.412. The van der Waals surface area contributed by atoms with Crippen LogP contribution in [0.5, 0.6) is 0 Å². The summed E-state index contributed by atoms with van der Waals surface area (Å²) in [6.07, 6.45) is 6.84. The minimum absolute atomic E-state index is 0.0256. The molecule has 1 aromatic rings. The van der Waals surface area contributed by atoms with Gasteiger partial charge in [-0.2, -0.15) is 0 Å². The van der Waals surface area contributed by atoms with Crippen molar-refractivity contribution < 1.29 is 14.3 Å². The third kappa shape index (κ3) is 2.07. The molecule has 0 radical (unpaired) electrons. The molecule has 0 N–H and O–H groups in total. The highest BCUT2D eigenvalue weighted by molar-refractivity contribution is 5.94. The maximum Gasteiger partial charge on any atom is 0.339 e. The van der Waals surface area contributed by atoms with E-state index in [1.807, 2.05) is 6.07 Å². The van der Waals surface area contributed by atoms with Crippen LogP contribution >= 0.6 is 0 Å². The topological polar surface area (TPSA) is 43.4 Å². The fourth-order valence-electron chi connectivity index (χ4n) is 3.37. The smallest absolute Gasteiger partial charge is 0.339 e. The molecule has 3 aliphatic rings. The van der Waals surface area contributed by atoms with Crippen molar-refractivity contribution in [3.8, 4) is 0 Å². The highest BCUT2D eigenvalue weighted by atomic mass is 16.6. The fourth-order valence-corrected chi connectivity index (χ4v) is 3.37. The number of fused-ring (bicyclic) bond motifs is 2. The number of Topliss-reactive ketones (excluding diaryl/α,β-unsaturated/α-hetero) is 1. The number of esters is 1. The minimum atomic E-state index is -0.954. The average molecular weight is 270 g/mol. The molecule has 3 atom stereocenters. The Labute approximate surface area is 118 Å². The van der Waals surface area contributed by atoms with Crippen LogP contribution in [0.4, 0.5) is 0 Å². The van der Waals surface area contributed by atoms with E-state index in [-0.39, 0.29) is 11.7 Å². The van der Waals surface area contributed by atoms with Gasteiger partial charge in [0.1, 0.15) is 0 Å². The van der Waals surface area contributed by atoms with E-state index < -0.39 is 11.6 Å². The largest absolute Gasteiger partial charge is 0.447 e. The first-order chi connectivity index (χ1) is 9.62. The Kier molecular flexibility index (Phi) is 3.20. The summed E-state index contributed by atoms with van der Waals surface area (Å²) < 4.78 is 5.72. The Balaban J connectivity index is 1.88. The summed E-state index contributed by atoms with van der Waals surface area (Å²) in [5, 5.41) is 0. The first-order valence-electron chi connectivity index (χ1n) is 7.09. The predicted molar refractivity (Wildman–Crippen MR) is 75.2 cm³/mol. The zero-order valence-electron chi connectivity index (χ0n) is 11.5. The summed E-state index contributed by atoms with van der Waals surface area (Å²) in [5.74, 6) is -0.0623. The third-order valence-electron chi connectivity index (χ3n) is 4.51. The van der Waals surface area contributed by atoms with Gasteiger partial charge in [0.15, 0.2) is 11.4 Å². The summed E-state index contributed by atoms with van der Waals surface area (Å²) in [6, 6.07) is 8.87. The van der Waals surface area contributed by atoms with Crippen LogP contribution in [0.1, 0.15) is 36.5 Å². The van der Waals surface area contributed by atoms with E-state index in [4.69, 9.17) is 4.74 Å². The van der Waals surface area contributed by atoms with Crippen LogP contribution in [0.15, 0.2) is 42.5 Å². The van der Waals surface area contributed by atoms with Gasteiger partial charge in [-0.15, -0.1) is 0 Å². The number of carbonyl (C=O) groups is 2. The lowest BCUT2D eigenvalue weighted by Crippen LogP contribution is -2.53. The maximum absolute atomic E-state index is 12.3. The molecule has 1 saturated carbocycles. The highest BCUT2D eigenvalue weighted by Crippen LogP contribution is 2.46. The number of hydrogen-bond donors (Lipinski definition) is 0. The lowest BCUT2D eigenvalue weighted by Gasteiger charge is -2.46. The maximum atomic E-state index is 12.3. The number of ketones is 1. The van der Waals surface area contributed by atoms with E-state index in [2.05, 4.69) is 12.2 Å². The van der Waals surface area contributed by atoms with Gasteiger partial charge in [0.25, 0.3) is 0 Å². The molecule has 3 nitrogen and oxygen atoms in total. The molecule has 0 aliphatic heterocycles. The first kappa shape index (κ1) is 13.1. The van der Waals surface area contributed by atoms with Crippen molar-refractivity contribution in [2.45, 2.75) is 31.8 Å². The summed E-state index contributed by atoms with van der Waals surface area (Å²) in [5.41, 5.74) is -0.455. The normalized spacial score (nSPS) is 31.1. The van der Waals surface area contributed by atoms with Gasteiger partial charge in [-0.25, -0.2) is 4.79 Å². The quantitative estimate of drug-likeness (QED) is 0.626. The Bertz CT molecular complexity index is 561. The summed E-state index contributed by atoms with van der Waals surface area (Å²) in [4.78, 5) is 24.5. The molecule has 3 aliphatic carbocycles. The molecule has 0 spiro atoms. The van der Waals surface area contributed by atoms with Crippen LogP contribution in [0.2, 0.25) is 0 Å². The molecule has 2 bridgehead atoms. The zero-order chi connectivity index (χ0) is 14.2. The van der Waals surface area contributed by atoms with Crippen LogP contribution in [-0.2, 0) is 9.53 Å². The monoisotopic (exact) mass is 270 g/mol. The van der Waals surface area contributed by atoms with Gasteiger partial charge >= 0.3 is 5.97 Å². The van der Waals surface area contributed by atoms with Crippen molar-refractivity contribution in [3.63, 3.8) is 0 Å². The van der Waals surface area contributed by atoms with Crippen molar-refractivity contribution in [1.82, 2.24) is 0 Å². The number of ether oxygens (including phenoxy) is 1. The summed E-state index contributed by atoms with van der Waals surface area (Å²) >= 11 is 0. The molecule has 1 fully saturated rings. The zero-order valence-corrected chi connectivity index (χ0v) is 11.5. The van der Waals surface area contributed by atoms with Crippen LogP contribution < -0.4 is 0 Å². The Morgan fingerprint density at radius 2 is 1.90 bits per heavy atom. The minimum Gasteiger partial charge on any atom is -0.447 e. The van der Waals surface area contributed by atoms with Gasteiger partial charge in [0.05, 0.1) is 5.56 Å². The Morgan fingerprint density at radius 1 is 1.15 bits per heavy atom. The first-order valence-corrected chi connectivity index (χ1v) is 7.09. The second kappa shape index (κ2) is 4.89. The van der Waals surface area contributed by atoms with Crippen molar-refractivity contribution in [2.24, 2.45) is 11.8 Å². The van der Waals surface area contributed by atoms with Crippen LogP contribution in [0.3, 0.4) is 0 Å².